The van der Waals surface area contributed by atoms with Crippen LogP contribution in [0, 0.1) is 12.8 Å². The maximum atomic E-state index is 9.55. The second-order valence-electron chi connectivity index (χ2n) is 6.59. The molecule has 3 aromatic rings. The molecule has 0 saturated heterocycles. The van der Waals surface area contributed by atoms with Gasteiger partial charge in [0, 0.05) is 28.4 Å². The van der Waals surface area contributed by atoms with Crippen LogP contribution in [0.1, 0.15) is 26.0 Å². The highest BCUT2D eigenvalue weighted by Crippen LogP contribution is 2.31. The van der Waals surface area contributed by atoms with Crippen LogP contribution in [0.5, 0.6) is 0 Å². The van der Waals surface area contributed by atoms with Gasteiger partial charge in [0.05, 0.1) is 18.3 Å². The van der Waals surface area contributed by atoms with E-state index in [4.69, 9.17) is 0 Å². The summed E-state index contributed by atoms with van der Waals surface area (Å²) < 4.78 is 0. The molecular weight excluding hydrogens is 300 g/mol. The highest BCUT2D eigenvalue weighted by atomic mass is 16.3. The van der Waals surface area contributed by atoms with Gasteiger partial charge >= 0.3 is 0 Å². The zero-order valence-corrected chi connectivity index (χ0v) is 14.4. The number of fused-ring (bicyclic) bond motifs is 1. The van der Waals surface area contributed by atoms with Crippen LogP contribution in [0.15, 0.2) is 36.5 Å². The van der Waals surface area contributed by atoms with Gasteiger partial charge in [-0.1, -0.05) is 32.0 Å². The number of para-hydroxylation sites is 1. The van der Waals surface area contributed by atoms with Crippen LogP contribution in [0.25, 0.3) is 22.2 Å². The molecule has 5 heteroatoms. The number of benzene rings is 1. The van der Waals surface area contributed by atoms with E-state index in [1.807, 2.05) is 18.2 Å². The SMILES string of the molecule is Cc1[nH]c2ccccc2c1-c1ccnc(N[C@H](CO)CC(C)C)n1. The molecule has 0 saturated carbocycles. The van der Waals surface area contributed by atoms with Gasteiger partial charge in [-0.3, -0.25) is 0 Å². The lowest BCUT2D eigenvalue weighted by atomic mass is 10.0. The number of H-pyrrole nitrogens is 1. The van der Waals surface area contributed by atoms with Crippen LogP contribution in [0.4, 0.5) is 5.95 Å². The molecule has 24 heavy (non-hydrogen) atoms. The molecule has 2 aromatic heterocycles. The van der Waals surface area contributed by atoms with Crippen molar-refractivity contribution in [1.29, 1.82) is 0 Å². The first-order valence-corrected chi connectivity index (χ1v) is 8.36. The number of anilines is 1. The Hall–Kier alpha value is -2.40. The third-order valence-corrected chi connectivity index (χ3v) is 4.11. The fraction of sp³-hybridized carbons (Fsp3) is 0.368. The van der Waals surface area contributed by atoms with Crippen LogP contribution in [0.2, 0.25) is 0 Å². The second-order valence-corrected chi connectivity index (χ2v) is 6.59. The van der Waals surface area contributed by atoms with Gasteiger partial charge in [0.1, 0.15) is 0 Å². The van der Waals surface area contributed by atoms with Crippen molar-refractivity contribution in [3.8, 4) is 11.3 Å². The fourth-order valence-electron chi connectivity index (χ4n) is 3.10. The molecule has 3 N–H and O–H groups in total. The summed E-state index contributed by atoms with van der Waals surface area (Å²) in [4.78, 5) is 12.4. The molecule has 0 bridgehead atoms. The minimum absolute atomic E-state index is 0.0377. The van der Waals surface area contributed by atoms with Crippen molar-refractivity contribution >= 4 is 16.9 Å². The largest absolute Gasteiger partial charge is 0.394 e. The fourth-order valence-corrected chi connectivity index (χ4v) is 3.10. The maximum Gasteiger partial charge on any atom is 0.223 e. The maximum absolute atomic E-state index is 9.55. The van der Waals surface area contributed by atoms with Gasteiger partial charge in [0.15, 0.2) is 0 Å². The Morgan fingerprint density at radius 1 is 1.21 bits per heavy atom. The van der Waals surface area contributed by atoms with Crippen LogP contribution in [0.3, 0.4) is 0 Å². The molecule has 0 aliphatic heterocycles. The number of aliphatic hydroxyl groups is 1. The Labute approximate surface area is 142 Å². The molecule has 0 radical (unpaired) electrons. The summed E-state index contributed by atoms with van der Waals surface area (Å²) in [7, 11) is 0. The van der Waals surface area contributed by atoms with Gasteiger partial charge in [0.25, 0.3) is 0 Å². The highest BCUT2D eigenvalue weighted by Gasteiger charge is 2.14. The summed E-state index contributed by atoms with van der Waals surface area (Å²) in [5, 5.41) is 14.0. The van der Waals surface area contributed by atoms with E-state index >= 15 is 0 Å². The number of hydrogen-bond acceptors (Lipinski definition) is 4. The van der Waals surface area contributed by atoms with Crippen LogP contribution >= 0.6 is 0 Å². The van der Waals surface area contributed by atoms with Crippen LogP contribution in [-0.4, -0.2) is 32.7 Å². The Bertz CT molecular complexity index is 825. The van der Waals surface area contributed by atoms with E-state index in [-0.39, 0.29) is 12.6 Å². The molecule has 3 rings (SSSR count). The van der Waals surface area contributed by atoms with Crippen molar-refractivity contribution < 1.29 is 5.11 Å². The molecule has 126 valence electrons. The monoisotopic (exact) mass is 324 g/mol. The summed E-state index contributed by atoms with van der Waals surface area (Å²) in [6, 6.07) is 10.1. The van der Waals surface area contributed by atoms with E-state index < -0.39 is 0 Å². The first kappa shape index (κ1) is 16.5. The number of aromatic amines is 1. The third-order valence-electron chi connectivity index (χ3n) is 4.11. The number of aromatic nitrogens is 3. The number of nitrogens with one attached hydrogen (secondary N) is 2. The molecule has 0 unspecified atom stereocenters. The molecule has 0 aliphatic rings. The normalized spacial score (nSPS) is 12.7. The van der Waals surface area contributed by atoms with E-state index in [9.17, 15) is 5.11 Å². The number of aryl methyl sites for hydroxylation is 1. The Balaban J connectivity index is 1.94. The summed E-state index contributed by atoms with van der Waals surface area (Å²) in [6.07, 6.45) is 2.63. The van der Waals surface area contributed by atoms with E-state index in [0.717, 1.165) is 34.3 Å². The lowest BCUT2D eigenvalue weighted by molar-refractivity contribution is 0.259. The van der Waals surface area contributed by atoms with Crippen LogP contribution < -0.4 is 5.32 Å². The minimum atomic E-state index is -0.0377. The molecule has 0 spiro atoms. The van der Waals surface area contributed by atoms with Crippen molar-refractivity contribution in [2.24, 2.45) is 5.92 Å². The lowest BCUT2D eigenvalue weighted by Crippen LogP contribution is -2.26. The Morgan fingerprint density at radius 3 is 2.75 bits per heavy atom. The summed E-state index contributed by atoms with van der Waals surface area (Å²) in [6.45, 7) is 6.39. The van der Waals surface area contributed by atoms with E-state index in [2.05, 4.69) is 53.2 Å². The van der Waals surface area contributed by atoms with Crippen molar-refractivity contribution in [2.75, 3.05) is 11.9 Å². The van der Waals surface area contributed by atoms with E-state index in [1.54, 1.807) is 6.20 Å². The van der Waals surface area contributed by atoms with Crippen molar-refractivity contribution in [2.45, 2.75) is 33.2 Å². The molecule has 0 fully saturated rings. The number of aliphatic hydroxyl groups excluding tert-OH is 1. The molecule has 1 atom stereocenters. The molecule has 5 nitrogen and oxygen atoms in total. The highest BCUT2D eigenvalue weighted by molar-refractivity contribution is 5.96. The Kier molecular flexibility index (Phi) is 4.81. The van der Waals surface area contributed by atoms with Gasteiger partial charge in [-0.25, -0.2) is 9.97 Å². The van der Waals surface area contributed by atoms with Gasteiger partial charge in [-0.05, 0) is 31.4 Å². The number of nitrogens with zero attached hydrogens (tertiary/aromatic N) is 2. The first-order valence-electron chi connectivity index (χ1n) is 8.36. The summed E-state index contributed by atoms with van der Waals surface area (Å²) in [5.74, 6) is 1.05. The topological polar surface area (TPSA) is 73.8 Å². The van der Waals surface area contributed by atoms with Crippen molar-refractivity contribution in [1.82, 2.24) is 15.0 Å². The molecule has 0 aliphatic carbocycles. The molecule has 1 aromatic carbocycles. The summed E-state index contributed by atoms with van der Waals surface area (Å²) in [5.41, 5.74) is 4.16. The smallest absolute Gasteiger partial charge is 0.223 e. The number of hydrogen-bond donors (Lipinski definition) is 3. The summed E-state index contributed by atoms with van der Waals surface area (Å²) >= 11 is 0. The molecular formula is C19H24N4O. The average Bonchev–Trinajstić information content (AvgIpc) is 2.89. The standard InChI is InChI=1S/C19H24N4O/c1-12(2)10-14(11-24)22-19-20-9-8-17(23-19)18-13(3)21-16-7-5-4-6-15(16)18/h4-9,12,14,21,24H,10-11H2,1-3H3,(H,20,22,23)/t14-/m0/s1. The van der Waals surface area contributed by atoms with E-state index in [0.29, 0.717) is 11.9 Å². The minimum Gasteiger partial charge on any atom is -0.394 e. The van der Waals surface area contributed by atoms with Gasteiger partial charge in [0.2, 0.25) is 5.95 Å². The van der Waals surface area contributed by atoms with Crippen molar-refractivity contribution in [3.05, 3.63) is 42.2 Å². The predicted octanol–water partition coefficient (Wildman–Crippen LogP) is 3.75. The number of rotatable bonds is 6. The zero-order chi connectivity index (χ0) is 17.1. The quantitative estimate of drug-likeness (QED) is 0.645. The molecule has 0 amide bonds. The Morgan fingerprint density at radius 2 is 2.00 bits per heavy atom. The van der Waals surface area contributed by atoms with Crippen molar-refractivity contribution in [3.63, 3.8) is 0 Å². The first-order chi connectivity index (χ1) is 11.6. The zero-order valence-electron chi connectivity index (χ0n) is 14.4. The van der Waals surface area contributed by atoms with Crippen LogP contribution in [-0.2, 0) is 0 Å². The van der Waals surface area contributed by atoms with E-state index in [1.165, 1.54) is 0 Å². The average molecular weight is 324 g/mol. The lowest BCUT2D eigenvalue weighted by Gasteiger charge is -2.18. The third kappa shape index (κ3) is 3.41. The van der Waals surface area contributed by atoms with Gasteiger partial charge in [-0.2, -0.15) is 0 Å². The second kappa shape index (κ2) is 7.01. The van der Waals surface area contributed by atoms with Gasteiger partial charge in [-0.15, -0.1) is 0 Å². The molecule has 2 heterocycles. The predicted molar refractivity (Wildman–Crippen MR) is 98.0 cm³/mol. The van der Waals surface area contributed by atoms with Gasteiger partial charge < -0.3 is 15.4 Å².